The average Bonchev–Trinajstić information content (AvgIpc) is 3.28. The van der Waals surface area contributed by atoms with Gasteiger partial charge in [0.1, 0.15) is 0 Å². The van der Waals surface area contributed by atoms with E-state index in [1.807, 2.05) is 0 Å². The molecule has 2 amide bonds. The van der Waals surface area contributed by atoms with Gasteiger partial charge in [-0.1, -0.05) is 12.1 Å². The molecule has 128 valence electrons. The van der Waals surface area contributed by atoms with Gasteiger partial charge < -0.3 is 5.32 Å². The number of benzene rings is 1. The zero-order valence-corrected chi connectivity index (χ0v) is 14.0. The molecule has 0 spiro atoms. The first-order valence-corrected chi connectivity index (χ1v) is 9.23. The number of rotatable bonds is 5. The van der Waals surface area contributed by atoms with Gasteiger partial charge in [-0.15, -0.1) is 0 Å². The third-order valence-corrected chi connectivity index (χ3v) is 4.54. The number of carbonyl (C=O) groups is 2. The normalized spacial score (nSPS) is 23.6. The maximum absolute atomic E-state index is 11.9. The van der Waals surface area contributed by atoms with Gasteiger partial charge >= 0.3 is 0 Å². The van der Waals surface area contributed by atoms with Gasteiger partial charge in [-0.05, 0) is 31.0 Å². The molecule has 0 radical (unpaired) electrons. The zero-order valence-electron chi connectivity index (χ0n) is 13.1. The first kappa shape index (κ1) is 16.6. The smallest absolute Gasteiger partial charge is 0.265 e. The first-order valence-electron chi connectivity index (χ1n) is 7.41. The number of nitrogens with one attached hydrogen (secondary N) is 2. The highest BCUT2D eigenvalue weighted by Crippen LogP contribution is 2.43. The molecule has 3 rings (SSSR count). The minimum Gasteiger partial charge on any atom is -0.324 e. The largest absolute Gasteiger partial charge is 0.324 e. The van der Waals surface area contributed by atoms with E-state index in [-0.39, 0.29) is 17.7 Å². The van der Waals surface area contributed by atoms with Gasteiger partial charge in [-0.2, -0.15) is 13.5 Å². The van der Waals surface area contributed by atoms with Gasteiger partial charge in [0.05, 0.1) is 12.0 Å². The van der Waals surface area contributed by atoms with Gasteiger partial charge in [-0.3, -0.25) is 13.8 Å². The van der Waals surface area contributed by atoms with Crippen molar-refractivity contribution < 1.29 is 22.2 Å². The van der Waals surface area contributed by atoms with E-state index in [9.17, 15) is 18.0 Å². The van der Waals surface area contributed by atoms with Crippen molar-refractivity contribution in [1.82, 2.24) is 5.43 Å². The summed E-state index contributed by atoms with van der Waals surface area (Å²) in [6, 6.07) is 6.97. The average molecular weight is 351 g/mol. The van der Waals surface area contributed by atoms with E-state index in [2.05, 4.69) is 20.0 Å². The standard InChI is InChI=1S/C15H17N3O5S/c1-8(23-24(2,21)22)14(19)16-10-5-3-9(4-6-10)13-11-7-12(11)15(20)18-17-13/h3-6,8,11-12H,7H2,1-2H3,(H,16,19)(H,18,20). The van der Waals surface area contributed by atoms with E-state index in [1.165, 1.54) is 6.92 Å². The maximum atomic E-state index is 11.9. The molecule has 1 aliphatic carbocycles. The van der Waals surface area contributed by atoms with E-state index in [1.54, 1.807) is 24.3 Å². The number of nitrogens with zero attached hydrogens (tertiary/aromatic N) is 1. The molecule has 2 aliphatic rings. The predicted molar refractivity (Wildman–Crippen MR) is 86.7 cm³/mol. The Morgan fingerprint density at radius 1 is 1.33 bits per heavy atom. The molecule has 1 aliphatic heterocycles. The second-order valence-electron chi connectivity index (χ2n) is 5.93. The Morgan fingerprint density at radius 3 is 2.62 bits per heavy atom. The number of fused-ring (bicyclic) bond motifs is 1. The summed E-state index contributed by atoms with van der Waals surface area (Å²) in [7, 11) is -3.70. The van der Waals surface area contributed by atoms with Crippen LogP contribution in [0.3, 0.4) is 0 Å². The zero-order chi connectivity index (χ0) is 17.5. The molecule has 1 saturated carbocycles. The fourth-order valence-corrected chi connectivity index (χ4v) is 3.23. The van der Waals surface area contributed by atoms with E-state index in [0.29, 0.717) is 5.69 Å². The number of amides is 2. The molecule has 3 unspecified atom stereocenters. The van der Waals surface area contributed by atoms with Crippen molar-refractivity contribution >= 4 is 33.3 Å². The fourth-order valence-electron chi connectivity index (χ4n) is 2.62. The summed E-state index contributed by atoms with van der Waals surface area (Å²) < 4.78 is 26.7. The Bertz CT molecular complexity index is 816. The lowest BCUT2D eigenvalue weighted by Crippen LogP contribution is -2.30. The summed E-state index contributed by atoms with van der Waals surface area (Å²) in [5, 5.41) is 6.69. The van der Waals surface area contributed by atoms with E-state index < -0.39 is 22.1 Å². The molecular weight excluding hydrogens is 334 g/mol. The molecule has 0 aromatic heterocycles. The lowest BCUT2D eigenvalue weighted by atomic mass is 10.0. The van der Waals surface area contributed by atoms with Crippen molar-refractivity contribution in [3.63, 3.8) is 0 Å². The monoisotopic (exact) mass is 351 g/mol. The van der Waals surface area contributed by atoms with Crippen LogP contribution in [0.25, 0.3) is 0 Å². The molecule has 8 nitrogen and oxygen atoms in total. The van der Waals surface area contributed by atoms with Crippen molar-refractivity contribution in [3.8, 4) is 0 Å². The molecule has 24 heavy (non-hydrogen) atoms. The molecule has 1 heterocycles. The third kappa shape index (κ3) is 3.62. The molecular formula is C15H17N3O5S. The van der Waals surface area contributed by atoms with Crippen LogP contribution < -0.4 is 10.7 Å². The van der Waals surface area contributed by atoms with Gasteiger partial charge in [0.25, 0.3) is 16.0 Å². The highest BCUT2D eigenvalue weighted by Gasteiger charge is 2.49. The van der Waals surface area contributed by atoms with Gasteiger partial charge in [0, 0.05) is 17.5 Å². The SMILES string of the molecule is CC(OS(C)(=O)=O)C(=O)Nc1ccc(C2=NNC(=O)C3CC23)cc1. The van der Waals surface area contributed by atoms with Crippen LogP contribution in [0.4, 0.5) is 5.69 Å². The van der Waals surface area contributed by atoms with Crippen LogP contribution in [0.5, 0.6) is 0 Å². The minimum atomic E-state index is -3.70. The summed E-state index contributed by atoms with van der Waals surface area (Å²) in [5.74, 6) is -0.404. The molecule has 1 aromatic carbocycles. The number of hydrogen-bond acceptors (Lipinski definition) is 6. The number of hydrazone groups is 1. The van der Waals surface area contributed by atoms with Gasteiger partial charge in [0.15, 0.2) is 6.10 Å². The van der Waals surface area contributed by atoms with Crippen LogP contribution >= 0.6 is 0 Å². The fraction of sp³-hybridized carbons (Fsp3) is 0.400. The molecule has 0 saturated heterocycles. The third-order valence-electron chi connectivity index (χ3n) is 3.90. The summed E-state index contributed by atoms with van der Waals surface area (Å²) in [6.45, 7) is 1.36. The lowest BCUT2D eigenvalue weighted by Gasteiger charge is -2.14. The lowest BCUT2D eigenvalue weighted by molar-refractivity contribution is -0.123. The Hall–Kier alpha value is -2.26. The number of hydrogen-bond donors (Lipinski definition) is 2. The molecule has 3 atom stereocenters. The van der Waals surface area contributed by atoms with E-state index in [4.69, 9.17) is 0 Å². The van der Waals surface area contributed by atoms with Crippen molar-refractivity contribution in [2.75, 3.05) is 11.6 Å². The molecule has 1 aromatic rings. The quantitative estimate of drug-likeness (QED) is 0.748. The number of anilines is 1. The Labute approximate surface area is 139 Å². The van der Waals surface area contributed by atoms with Crippen molar-refractivity contribution in [2.45, 2.75) is 19.4 Å². The Morgan fingerprint density at radius 2 is 2.00 bits per heavy atom. The highest BCUT2D eigenvalue weighted by molar-refractivity contribution is 7.86. The van der Waals surface area contributed by atoms with Crippen molar-refractivity contribution in [3.05, 3.63) is 29.8 Å². The molecule has 0 bridgehead atoms. The topological polar surface area (TPSA) is 114 Å². The minimum absolute atomic E-state index is 0.0193. The van der Waals surface area contributed by atoms with Crippen LogP contribution in [0, 0.1) is 11.8 Å². The predicted octanol–water partition coefficient (Wildman–Crippen LogP) is 0.460. The Balaban J connectivity index is 1.65. The van der Waals surface area contributed by atoms with Crippen LogP contribution in [0.2, 0.25) is 0 Å². The van der Waals surface area contributed by atoms with Crippen LogP contribution in [0.1, 0.15) is 18.9 Å². The molecule has 2 N–H and O–H groups in total. The second-order valence-corrected chi connectivity index (χ2v) is 7.53. The summed E-state index contributed by atoms with van der Waals surface area (Å²) in [4.78, 5) is 23.3. The molecule has 9 heteroatoms. The molecule has 1 fully saturated rings. The van der Waals surface area contributed by atoms with Crippen LogP contribution in [-0.2, 0) is 23.9 Å². The summed E-state index contributed by atoms with van der Waals surface area (Å²) in [6.07, 6.45) is 0.578. The van der Waals surface area contributed by atoms with Crippen LogP contribution in [0.15, 0.2) is 29.4 Å². The van der Waals surface area contributed by atoms with Crippen molar-refractivity contribution in [1.29, 1.82) is 0 Å². The van der Waals surface area contributed by atoms with Crippen LogP contribution in [-0.4, -0.2) is 38.3 Å². The summed E-state index contributed by atoms with van der Waals surface area (Å²) in [5.41, 5.74) is 4.74. The van der Waals surface area contributed by atoms with E-state index in [0.717, 1.165) is 24.0 Å². The highest BCUT2D eigenvalue weighted by atomic mass is 32.2. The maximum Gasteiger partial charge on any atom is 0.265 e. The van der Waals surface area contributed by atoms with Crippen molar-refractivity contribution in [2.24, 2.45) is 16.9 Å². The van der Waals surface area contributed by atoms with E-state index >= 15 is 0 Å². The summed E-state index contributed by atoms with van der Waals surface area (Å²) >= 11 is 0. The van der Waals surface area contributed by atoms with Gasteiger partial charge in [0.2, 0.25) is 5.91 Å². The first-order chi connectivity index (χ1) is 11.2. The Kier molecular flexibility index (Phi) is 4.14. The van der Waals surface area contributed by atoms with Gasteiger partial charge in [-0.25, -0.2) is 5.43 Å². The second kappa shape index (κ2) is 5.99. The number of carbonyl (C=O) groups excluding carboxylic acids is 2.